The van der Waals surface area contributed by atoms with Crippen molar-refractivity contribution in [3.8, 4) is 0 Å². The van der Waals surface area contributed by atoms with Gasteiger partial charge in [0.25, 0.3) is 0 Å². The molecular formula is C11H12ClF3N4. The highest BCUT2D eigenvalue weighted by Gasteiger charge is 2.32. The Labute approximate surface area is 112 Å². The average Bonchev–Trinajstić information content (AvgIpc) is 2.70. The van der Waals surface area contributed by atoms with Crippen LogP contribution in [0.4, 0.5) is 13.2 Å². The lowest BCUT2D eigenvalue weighted by molar-refractivity contribution is -0.137. The van der Waals surface area contributed by atoms with Crippen LogP contribution >= 0.6 is 11.6 Å². The summed E-state index contributed by atoms with van der Waals surface area (Å²) >= 11 is 5.81. The van der Waals surface area contributed by atoms with E-state index in [1.165, 1.54) is 4.40 Å². The molecule has 0 aliphatic rings. The summed E-state index contributed by atoms with van der Waals surface area (Å²) in [5.41, 5.74) is 5.09. The van der Waals surface area contributed by atoms with Crippen molar-refractivity contribution in [2.75, 3.05) is 0 Å². The van der Waals surface area contributed by atoms with Gasteiger partial charge in [-0.2, -0.15) is 13.2 Å². The highest BCUT2D eigenvalue weighted by Crippen LogP contribution is 2.33. The first-order valence-electron chi connectivity index (χ1n) is 5.58. The van der Waals surface area contributed by atoms with Crippen LogP contribution < -0.4 is 5.73 Å². The van der Waals surface area contributed by atoms with Crippen LogP contribution in [0.1, 0.15) is 31.2 Å². The molecule has 4 nitrogen and oxygen atoms in total. The minimum absolute atomic E-state index is 0.0922. The monoisotopic (exact) mass is 292 g/mol. The number of hydrogen-bond acceptors (Lipinski definition) is 3. The van der Waals surface area contributed by atoms with E-state index in [-0.39, 0.29) is 22.6 Å². The minimum Gasteiger partial charge on any atom is -0.327 e. The molecule has 8 heteroatoms. The molecule has 0 bridgehead atoms. The lowest BCUT2D eigenvalue weighted by Crippen LogP contribution is -2.24. The van der Waals surface area contributed by atoms with Crippen molar-refractivity contribution in [1.29, 1.82) is 0 Å². The minimum atomic E-state index is -4.48. The molecule has 0 radical (unpaired) electrons. The number of hydrogen-bond donors (Lipinski definition) is 1. The quantitative estimate of drug-likeness (QED) is 0.926. The van der Waals surface area contributed by atoms with E-state index in [9.17, 15) is 13.2 Å². The Balaban J connectivity index is 2.67. The lowest BCUT2D eigenvalue weighted by atomic mass is 10.0. The van der Waals surface area contributed by atoms with Gasteiger partial charge < -0.3 is 5.73 Å². The largest absolute Gasteiger partial charge is 0.417 e. The molecule has 2 heterocycles. The summed E-state index contributed by atoms with van der Waals surface area (Å²) < 4.78 is 39.5. The van der Waals surface area contributed by atoms with Crippen LogP contribution in [0.15, 0.2) is 12.3 Å². The van der Waals surface area contributed by atoms with Crippen molar-refractivity contribution in [2.24, 2.45) is 5.73 Å². The van der Waals surface area contributed by atoms with Gasteiger partial charge in [-0.1, -0.05) is 18.5 Å². The number of nitrogens with two attached hydrogens (primary N) is 1. The molecule has 0 amide bonds. The highest BCUT2D eigenvalue weighted by molar-refractivity contribution is 6.33. The number of pyridine rings is 1. The fraction of sp³-hybridized carbons (Fsp3) is 0.455. The Hall–Kier alpha value is -1.34. The fourth-order valence-electron chi connectivity index (χ4n) is 1.67. The van der Waals surface area contributed by atoms with E-state index in [0.717, 1.165) is 12.3 Å². The molecule has 2 atom stereocenters. The molecule has 2 aromatic heterocycles. The van der Waals surface area contributed by atoms with Crippen LogP contribution in [-0.2, 0) is 6.18 Å². The SMILES string of the molecule is CC(N)C(C)c1nnc2c(Cl)cc(C(F)(F)F)cn12. The molecule has 2 aromatic rings. The summed E-state index contributed by atoms with van der Waals surface area (Å²) in [4.78, 5) is 0. The van der Waals surface area contributed by atoms with Gasteiger partial charge in [0.15, 0.2) is 5.65 Å². The fourth-order valence-corrected chi connectivity index (χ4v) is 1.92. The summed E-state index contributed by atoms with van der Waals surface area (Å²) in [6.45, 7) is 3.52. The van der Waals surface area contributed by atoms with Gasteiger partial charge in [0.1, 0.15) is 5.82 Å². The van der Waals surface area contributed by atoms with Crippen molar-refractivity contribution in [1.82, 2.24) is 14.6 Å². The van der Waals surface area contributed by atoms with Gasteiger partial charge in [-0.25, -0.2) is 0 Å². The van der Waals surface area contributed by atoms with E-state index < -0.39 is 11.7 Å². The van der Waals surface area contributed by atoms with Crippen LogP contribution in [0.5, 0.6) is 0 Å². The topological polar surface area (TPSA) is 56.2 Å². The molecular weight excluding hydrogens is 281 g/mol. The molecule has 104 valence electrons. The Kier molecular flexibility index (Phi) is 3.44. The Bertz CT molecular complexity index is 606. The Morgan fingerprint density at radius 2 is 1.95 bits per heavy atom. The second-order valence-electron chi connectivity index (χ2n) is 4.47. The second-order valence-corrected chi connectivity index (χ2v) is 4.88. The number of fused-ring (bicyclic) bond motifs is 1. The number of rotatable bonds is 2. The van der Waals surface area contributed by atoms with Gasteiger partial charge >= 0.3 is 6.18 Å². The first-order valence-corrected chi connectivity index (χ1v) is 5.96. The zero-order valence-corrected chi connectivity index (χ0v) is 11.0. The predicted molar refractivity (Wildman–Crippen MR) is 65.1 cm³/mol. The first-order chi connectivity index (χ1) is 8.71. The van der Waals surface area contributed by atoms with E-state index in [1.807, 2.05) is 0 Å². The first kappa shape index (κ1) is 14.1. The van der Waals surface area contributed by atoms with Crippen LogP contribution in [0.3, 0.4) is 0 Å². The van der Waals surface area contributed by atoms with Crippen molar-refractivity contribution >= 4 is 17.2 Å². The van der Waals surface area contributed by atoms with Crippen molar-refractivity contribution in [3.05, 3.63) is 28.7 Å². The summed E-state index contributed by atoms with van der Waals surface area (Å²) in [5, 5.41) is 7.59. The molecule has 0 saturated heterocycles. The predicted octanol–water partition coefficient (Wildman–Crippen LogP) is 2.85. The maximum atomic E-state index is 12.8. The Morgan fingerprint density at radius 3 is 2.47 bits per heavy atom. The number of nitrogens with zero attached hydrogens (tertiary/aromatic N) is 3. The molecule has 0 spiro atoms. The summed E-state index contributed by atoms with van der Waals surface area (Å²) in [7, 11) is 0. The molecule has 2 N–H and O–H groups in total. The molecule has 0 aliphatic heterocycles. The van der Waals surface area contributed by atoms with Gasteiger partial charge in [-0.15, -0.1) is 10.2 Å². The number of aromatic nitrogens is 3. The van der Waals surface area contributed by atoms with E-state index in [0.29, 0.717) is 5.82 Å². The maximum Gasteiger partial charge on any atom is 0.417 e. The average molecular weight is 293 g/mol. The molecule has 2 rings (SSSR count). The van der Waals surface area contributed by atoms with Gasteiger partial charge in [0.2, 0.25) is 0 Å². The molecule has 0 fully saturated rings. The van der Waals surface area contributed by atoms with Gasteiger partial charge in [0, 0.05) is 18.2 Å². The van der Waals surface area contributed by atoms with Crippen LogP contribution in [0.25, 0.3) is 5.65 Å². The number of halogens is 4. The zero-order valence-electron chi connectivity index (χ0n) is 10.2. The normalized spacial score (nSPS) is 15.7. The van der Waals surface area contributed by atoms with Gasteiger partial charge in [-0.05, 0) is 13.0 Å². The summed E-state index contributed by atoms with van der Waals surface area (Å²) in [6.07, 6.45) is -3.54. The van der Waals surface area contributed by atoms with Crippen molar-refractivity contribution in [2.45, 2.75) is 32.0 Å². The third-order valence-corrected chi connectivity index (χ3v) is 3.29. The second kappa shape index (κ2) is 4.64. The van der Waals surface area contributed by atoms with E-state index >= 15 is 0 Å². The maximum absolute atomic E-state index is 12.8. The van der Waals surface area contributed by atoms with E-state index in [2.05, 4.69) is 10.2 Å². The molecule has 19 heavy (non-hydrogen) atoms. The van der Waals surface area contributed by atoms with E-state index in [4.69, 9.17) is 17.3 Å². The summed E-state index contributed by atoms with van der Waals surface area (Å²) in [5.74, 6) is 0.118. The molecule has 2 unspecified atom stereocenters. The zero-order chi connectivity index (χ0) is 14.4. The highest BCUT2D eigenvalue weighted by atomic mass is 35.5. The third kappa shape index (κ3) is 2.52. The molecule has 0 aromatic carbocycles. The van der Waals surface area contributed by atoms with Crippen LogP contribution in [0, 0.1) is 0 Å². The van der Waals surface area contributed by atoms with Gasteiger partial charge in [-0.3, -0.25) is 4.40 Å². The molecule has 0 aliphatic carbocycles. The van der Waals surface area contributed by atoms with Crippen molar-refractivity contribution in [3.63, 3.8) is 0 Å². The van der Waals surface area contributed by atoms with Crippen LogP contribution in [-0.4, -0.2) is 20.6 Å². The van der Waals surface area contributed by atoms with Crippen molar-refractivity contribution < 1.29 is 13.2 Å². The lowest BCUT2D eigenvalue weighted by Gasteiger charge is -2.14. The standard InChI is InChI=1S/C11H12ClF3N4/c1-5(6(2)16)9-17-18-10-8(12)3-7(4-19(9)10)11(13,14)15/h3-6H,16H2,1-2H3. The summed E-state index contributed by atoms with van der Waals surface area (Å²) in [6, 6.07) is 0.576. The Morgan fingerprint density at radius 1 is 1.32 bits per heavy atom. The number of alkyl halides is 3. The van der Waals surface area contributed by atoms with Gasteiger partial charge in [0.05, 0.1) is 10.6 Å². The van der Waals surface area contributed by atoms with Crippen LogP contribution in [0.2, 0.25) is 5.02 Å². The molecule has 0 saturated carbocycles. The van der Waals surface area contributed by atoms with E-state index in [1.54, 1.807) is 13.8 Å². The smallest absolute Gasteiger partial charge is 0.327 e. The third-order valence-electron chi connectivity index (χ3n) is 3.01.